The second-order valence-corrected chi connectivity index (χ2v) is 5.51. The van der Waals surface area contributed by atoms with Crippen molar-refractivity contribution >= 4 is 46.7 Å². The molecule has 0 bridgehead atoms. The van der Waals surface area contributed by atoms with E-state index in [2.05, 4.69) is 5.32 Å². The summed E-state index contributed by atoms with van der Waals surface area (Å²) in [6, 6.07) is 4.85. The van der Waals surface area contributed by atoms with E-state index in [-0.39, 0.29) is 31.9 Å². The molecule has 0 unspecified atom stereocenters. The third-order valence-electron chi connectivity index (χ3n) is 2.88. The zero-order chi connectivity index (χ0) is 17.4. The number of hydrogen-bond acceptors (Lipinski definition) is 4. The molecule has 0 radical (unpaired) electrons. The summed E-state index contributed by atoms with van der Waals surface area (Å²) in [5, 5.41) is 3.18. The molecule has 0 saturated carbocycles. The normalized spacial score (nSPS) is 10.1. The highest BCUT2D eigenvalue weighted by Gasteiger charge is 2.16. The number of hydrogen-bond donors (Lipinski definition) is 1. The molecule has 0 atom stereocenters. The number of amides is 2. The maximum absolute atomic E-state index is 12.0. The molecular formula is C15H18Cl2N2O4. The molecular weight excluding hydrogens is 343 g/mol. The Hall–Kier alpha value is -1.79. The minimum Gasteiger partial charge on any atom is -0.466 e. The summed E-state index contributed by atoms with van der Waals surface area (Å²) in [6.45, 7) is 1.78. The molecule has 126 valence electrons. The molecule has 1 aromatic carbocycles. The van der Waals surface area contributed by atoms with E-state index in [1.165, 1.54) is 11.9 Å². The Morgan fingerprint density at radius 2 is 1.78 bits per heavy atom. The van der Waals surface area contributed by atoms with Crippen LogP contribution in [0.2, 0.25) is 10.0 Å². The number of benzene rings is 1. The molecule has 6 nitrogen and oxygen atoms in total. The number of ether oxygens (including phenoxy) is 1. The van der Waals surface area contributed by atoms with Gasteiger partial charge in [0.2, 0.25) is 11.8 Å². The van der Waals surface area contributed by atoms with Crippen molar-refractivity contribution in [2.24, 2.45) is 0 Å². The van der Waals surface area contributed by atoms with E-state index in [0.29, 0.717) is 15.7 Å². The molecule has 1 aromatic rings. The fraction of sp³-hybridized carbons (Fsp3) is 0.400. The van der Waals surface area contributed by atoms with Gasteiger partial charge < -0.3 is 15.0 Å². The predicted molar refractivity (Wildman–Crippen MR) is 88.6 cm³/mol. The fourth-order valence-electron chi connectivity index (χ4n) is 1.73. The van der Waals surface area contributed by atoms with Crippen LogP contribution in [0.4, 0.5) is 5.69 Å². The van der Waals surface area contributed by atoms with Crippen molar-refractivity contribution in [2.75, 3.05) is 25.5 Å². The molecule has 0 aliphatic heterocycles. The quantitative estimate of drug-likeness (QED) is 0.758. The van der Waals surface area contributed by atoms with Gasteiger partial charge in [-0.25, -0.2) is 0 Å². The molecule has 0 saturated heterocycles. The van der Waals surface area contributed by atoms with Gasteiger partial charge in [-0.2, -0.15) is 0 Å². The molecule has 2 amide bonds. The molecule has 8 heteroatoms. The zero-order valence-corrected chi connectivity index (χ0v) is 14.4. The molecule has 0 heterocycles. The minimum atomic E-state index is -0.443. The van der Waals surface area contributed by atoms with Gasteiger partial charge >= 0.3 is 5.97 Å². The maximum atomic E-state index is 12.0. The monoisotopic (exact) mass is 360 g/mol. The molecule has 0 aliphatic rings. The third kappa shape index (κ3) is 6.46. The lowest BCUT2D eigenvalue weighted by Gasteiger charge is -2.17. The highest BCUT2D eigenvalue weighted by atomic mass is 35.5. The van der Waals surface area contributed by atoms with Crippen LogP contribution in [-0.4, -0.2) is 42.9 Å². The first-order valence-corrected chi connectivity index (χ1v) is 7.74. The van der Waals surface area contributed by atoms with Crippen molar-refractivity contribution in [1.82, 2.24) is 4.90 Å². The average Bonchev–Trinajstić information content (AvgIpc) is 2.49. The number of nitrogens with one attached hydrogen (secondary N) is 1. The Morgan fingerprint density at radius 3 is 2.35 bits per heavy atom. The first-order valence-electron chi connectivity index (χ1n) is 6.98. The van der Waals surface area contributed by atoms with Crippen LogP contribution in [0.3, 0.4) is 0 Å². The van der Waals surface area contributed by atoms with Gasteiger partial charge in [-0.15, -0.1) is 0 Å². The zero-order valence-electron chi connectivity index (χ0n) is 12.9. The lowest BCUT2D eigenvalue weighted by Crippen LogP contribution is -2.35. The minimum absolute atomic E-state index is 0.0184. The third-order valence-corrected chi connectivity index (χ3v) is 3.51. The summed E-state index contributed by atoms with van der Waals surface area (Å²) in [5.74, 6) is -1.22. The van der Waals surface area contributed by atoms with Crippen molar-refractivity contribution in [3.63, 3.8) is 0 Å². The van der Waals surface area contributed by atoms with Crippen LogP contribution in [0.1, 0.15) is 19.8 Å². The first-order chi connectivity index (χ1) is 10.8. The van der Waals surface area contributed by atoms with E-state index in [4.69, 9.17) is 27.9 Å². The number of carbonyl (C=O) groups excluding carboxylic acids is 3. The van der Waals surface area contributed by atoms with Crippen LogP contribution in [0.5, 0.6) is 0 Å². The van der Waals surface area contributed by atoms with Gasteiger partial charge in [-0.05, 0) is 19.1 Å². The number of carbonyl (C=O) groups is 3. The molecule has 23 heavy (non-hydrogen) atoms. The van der Waals surface area contributed by atoms with Crippen LogP contribution < -0.4 is 5.32 Å². The van der Waals surface area contributed by atoms with Gasteiger partial charge in [0.15, 0.2) is 0 Å². The van der Waals surface area contributed by atoms with Gasteiger partial charge in [0.1, 0.15) is 0 Å². The lowest BCUT2D eigenvalue weighted by atomic mass is 10.2. The van der Waals surface area contributed by atoms with E-state index in [1.54, 1.807) is 25.1 Å². The van der Waals surface area contributed by atoms with Gasteiger partial charge in [0, 0.05) is 13.5 Å². The van der Waals surface area contributed by atoms with Crippen LogP contribution >= 0.6 is 23.2 Å². The van der Waals surface area contributed by atoms with Crippen molar-refractivity contribution in [1.29, 1.82) is 0 Å². The average molecular weight is 361 g/mol. The second kappa shape index (κ2) is 9.37. The number of anilines is 1. The summed E-state index contributed by atoms with van der Waals surface area (Å²) in [4.78, 5) is 36.2. The number of likely N-dealkylation sites (N-methyl/N-ethyl adjacent to an activating group) is 1. The van der Waals surface area contributed by atoms with E-state index in [0.717, 1.165) is 0 Å². The lowest BCUT2D eigenvalue weighted by molar-refractivity contribution is -0.145. The van der Waals surface area contributed by atoms with Crippen molar-refractivity contribution in [2.45, 2.75) is 19.8 Å². The number of rotatable bonds is 7. The van der Waals surface area contributed by atoms with Crippen LogP contribution in [0.25, 0.3) is 0 Å². The Kier molecular flexibility index (Phi) is 7.85. The Bertz CT molecular complexity index is 573. The Morgan fingerprint density at radius 1 is 1.17 bits per heavy atom. The summed E-state index contributed by atoms with van der Waals surface area (Å²) in [5.41, 5.74) is 0.299. The molecule has 0 aliphatic carbocycles. The van der Waals surface area contributed by atoms with Gasteiger partial charge in [-0.1, -0.05) is 29.3 Å². The molecule has 0 fully saturated rings. The van der Waals surface area contributed by atoms with Gasteiger partial charge in [0.05, 0.1) is 35.3 Å². The molecule has 1 N–H and O–H groups in total. The highest BCUT2D eigenvalue weighted by Crippen LogP contribution is 2.29. The van der Waals surface area contributed by atoms with Crippen LogP contribution in [-0.2, 0) is 19.1 Å². The number of para-hydroxylation sites is 1. The molecule has 0 aromatic heterocycles. The SMILES string of the molecule is CCOC(=O)CCC(=O)N(C)CC(=O)Nc1c(Cl)cccc1Cl. The highest BCUT2D eigenvalue weighted by molar-refractivity contribution is 6.39. The van der Waals surface area contributed by atoms with Gasteiger partial charge in [-0.3, -0.25) is 14.4 Å². The first kappa shape index (κ1) is 19.3. The maximum Gasteiger partial charge on any atom is 0.306 e. The van der Waals surface area contributed by atoms with Crippen molar-refractivity contribution < 1.29 is 19.1 Å². The summed E-state index contributed by atoms with van der Waals surface area (Å²) in [7, 11) is 1.47. The fourth-order valence-corrected chi connectivity index (χ4v) is 2.22. The number of nitrogens with zero attached hydrogens (tertiary/aromatic N) is 1. The predicted octanol–water partition coefficient (Wildman–Crippen LogP) is 2.73. The van der Waals surface area contributed by atoms with E-state index >= 15 is 0 Å². The van der Waals surface area contributed by atoms with Crippen molar-refractivity contribution in [3.8, 4) is 0 Å². The largest absolute Gasteiger partial charge is 0.466 e. The second-order valence-electron chi connectivity index (χ2n) is 4.70. The van der Waals surface area contributed by atoms with Crippen molar-refractivity contribution in [3.05, 3.63) is 28.2 Å². The van der Waals surface area contributed by atoms with Gasteiger partial charge in [0.25, 0.3) is 0 Å². The summed E-state index contributed by atoms with van der Waals surface area (Å²) >= 11 is 11.9. The van der Waals surface area contributed by atoms with Crippen LogP contribution in [0.15, 0.2) is 18.2 Å². The molecule has 1 rings (SSSR count). The van der Waals surface area contributed by atoms with E-state index in [9.17, 15) is 14.4 Å². The summed E-state index contributed by atoms with van der Waals surface area (Å²) < 4.78 is 4.74. The van der Waals surface area contributed by atoms with E-state index < -0.39 is 11.9 Å². The Labute approximate surface area is 144 Å². The number of halogens is 2. The molecule has 0 spiro atoms. The van der Waals surface area contributed by atoms with Crippen LogP contribution in [0, 0.1) is 0 Å². The number of esters is 1. The Balaban J connectivity index is 2.50. The smallest absolute Gasteiger partial charge is 0.306 e. The topological polar surface area (TPSA) is 75.7 Å². The standard InChI is InChI=1S/C15H18Cl2N2O4/c1-3-23-14(22)8-7-13(21)19(2)9-12(20)18-15-10(16)5-4-6-11(15)17/h4-6H,3,7-9H2,1-2H3,(H,18,20). The van der Waals surface area contributed by atoms with E-state index in [1.807, 2.05) is 0 Å². The summed E-state index contributed by atoms with van der Waals surface area (Å²) in [6.07, 6.45) is -0.0373.